The number of nitrogens with zero attached hydrogens (tertiary/aromatic N) is 3. The molecule has 9 heteroatoms. The van der Waals surface area contributed by atoms with E-state index in [0.29, 0.717) is 17.9 Å². The summed E-state index contributed by atoms with van der Waals surface area (Å²) in [5.41, 5.74) is 3.22. The van der Waals surface area contributed by atoms with Crippen molar-refractivity contribution in [3.63, 3.8) is 0 Å². The molecule has 4 aromatic rings. The first kappa shape index (κ1) is 23.0. The lowest BCUT2D eigenvalue weighted by Crippen LogP contribution is -2.17. The number of carbonyl (C=O) groups excluding carboxylic acids is 1. The highest BCUT2D eigenvalue weighted by Crippen LogP contribution is 2.24. The van der Waals surface area contributed by atoms with Crippen LogP contribution in [0.2, 0.25) is 0 Å². The zero-order chi connectivity index (χ0) is 24.0. The molecular weight excluding hydrogens is 447 g/mol. The Bertz CT molecular complexity index is 1220. The Balaban J connectivity index is 1.31. The SMILES string of the molecule is O=C(CCc1ccc(-c2ncn(-c3ccc(OC(F)(F)F)cc3)n2)cc1)OCc1ccccc1. The number of rotatable bonds is 8. The molecule has 0 atom stereocenters. The first-order chi connectivity index (χ1) is 16.4. The second-order valence-corrected chi connectivity index (χ2v) is 7.40. The Morgan fingerprint density at radius 1 is 0.882 bits per heavy atom. The van der Waals surface area contributed by atoms with E-state index < -0.39 is 6.36 Å². The van der Waals surface area contributed by atoms with Gasteiger partial charge in [0, 0.05) is 12.0 Å². The average Bonchev–Trinajstić information content (AvgIpc) is 3.32. The van der Waals surface area contributed by atoms with Crippen molar-refractivity contribution in [1.82, 2.24) is 14.8 Å². The van der Waals surface area contributed by atoms with Crippen LogP contribution >= 0.6 is 0 Å². The van der Waals surface area contributed by atoms with Crippen molar-refractivity contribution >= 4 is 5.97 Å². The predicted octanol–water partition coefficient (Wildman–Crippen LogP) is 5.51. The van der Waals surface area contributed by atoms with Gasteiger partial charge < -0.3 is 9.47 Å². The predicted molar refractivity (Wildman–Crippen MR) is 118 cm³/mol. The number of hydrogen-bond acceptors (Lipinski definition) is 5. The fraction of sp³-hybridized carbons (Fsp3) is 0.160. The molecule has 6 nitrogen and oxygen atoms in total. The van der Waals surface area contributed by atoms with Crippen LogP contribution < -0.4 is 4.74 Å². The van der Waals surface area contributed by atoms with Gasteiger partial charge in [-0.2, -0.15) is 0 Å². The molecular formula is C25H20F3N3O3. The molecule has 0 spiro atoms. The van der Waals surface area contributed by atoms with Crippen molar-refractivity contribution in [2.75, 3.05) is 0 Å². The topological polar surface area (TPSA) is 66.2 Å². The van der Waals surface area contributed by atoms with E-state index in [0.717, 1.165) is 16.7 Å². The van der Waals surface area contributed by atoms with E-state index in [1.54, 1.807) is 0 Å². The number of halogens is 3. The molecule has 34 heavy (non-hydrogen) atoms. The first-order valence-electron chi connectivity index (χ1n) is 10.4. The van der Waals surface area contributed by atoms with Gasteiger partial charge in [0.25, 0.3) is 0 Å². The normalized spacial score (nSPS) is 11.3. The van der Waals surface area contributed by atoms with E-state index in [9.17, 15) is 18.0 Å². The summed E-state index contributed by atoms with van der Waals surface area (Å²) in [5.74, 6) is -0.111. The molecule has 174 valence electrons. The zero-order valence-corrected chi connectivity index (χ0v) is 17.9. The van der Waals surface area contributed by atoms with E-state index in [1.165, 1.54) is 35.3 Å². The standard InChI is InChI=1S/C25H20F3N3O3/c26-25(27,28)34-22-13-11-21(12-14-22)31-17-29-24(30-31)20-9-6-18(7-10-20)8-15-23(32)33-16-19-4-2-1-3-5-19/h1-7,9-14,17H,8,15-16H2. The molecule has 0 amide bonds. The summed E-state index contributed by atoms with van der Waals surface area (Å²) in [4.78, 5) is 16.3. The van der Waals surface area contributed by atoms with Gasteiger partial charge in [0.1, 0.15) is 18.7 Å². The maximum atomic E-state index is 12.3. The number of ether oxygens (including phenoxy) is 2. The fourth-order valence-electron chi connectivity index (χ4n) is 3.20. The number of alkyl halides is 3. The molecule has 0 unspecified atom stereocenters. The van der Waals surface area contributed by atoms with Crippen molar-refractivity contribution in [3.05, 3.63) is 96.3 Å². The maximum Gasteiger partial charge on any atom is 0.573 e. The largest absolute Gasteiger partial charge is 0.573 e. The van der Waals surface area contributed by atoms with Gasteiger partial charge in [-0.1, -0.05) is 54.6 Å². The quantitative estimate of drug-likeness (QED) is 0.320. The molecule has 0 aliphatic carbocycles. The smallest absolute Gasteiger partial charge is 0.461 e. The lowest BCUT2D eigenvalue weighted by atomic mass is 10.1. The minimum absolute atomic E-state index is 0.255. The summed E-state index contributed by atoms with van der Waals surface area (Å²) in [6, 6.07) is 22.3. The van der Waals surface area contributed by atoms with Crippen molar-refractivity contribution in [1.29, 1.82) is 0 Å². The highest BCUT2D eigenvalue weighted by Gasteiger charge is 2.31. The Kier molecular flexibility index (Phi) is 6.91. The van der Waals surface area contributed by atoms with Crippen LogP contribution in [0.5, 0.6) is 5.75 Å². The van der Waals surface area contributed by atoms with Gasteiger partial charge in [0.05, 0.1) is 5.69 Å². The highest BCUT2D eigenvalue weighted by atomic mass is 19.4. The van der Waals surface area contributed by atoms with Crippen LogP contribution in [-0.4, -0.2) is 27.1 Å². The molecule has 4 rings (SSSR count). The van der Waals surface area contributed by atoms with Gasteiger partial charge in [0.2, 0.25) is 0 Å². The minimum Gasteiger partial charge on any atom is -0.461 e. The fourth-order valence-corrected chi connectivity index (χ4v) is 3.20. The first-order valence-corrected chi connectivity index (χ1v) is 10.4. The Labute approximate surface area is 193 Å². The molecule has 1 heterocycles. The van der Waals surface area contributed by atoms with Crippen LogP contribution in [0.15, 0.2) is 85.2 Å². The van der Waals surface area contributed by atoms with Gasteiger partial charge in [0.15, 0.2) is 5.82 Å². The molecule has 1 aromatic heterocycles. The van der Waals surface area contributed by atoms with Crippen molar-refractivity contribution in [2.24, 2.45) is 0 Å². The Morgan fingerprint density at radius 3 is 2.26 bits per heavy atom. The number of aryl methyl sites for hydroxylation is 1. The van der Waals surface area contributed by atoms with Crippen LogP contribution in [0.3, 0.4) is 0 Å². The molecule has 0 N–H and O–H groups in total. The molecule has 0 saturated carbocycles. The number of benzene rings is 3. The van der Waals surface area contributed by atoms with Gasteiger partial charge in [-0.25, -0.2) is 9.67 Å². The summed E-state index contributed by atoms with van der Waals surface area (Å²) in [7, 11) is 0. The Hall–Kier alpha value is -4.14. The summed E-state index contributed by atoms with van der Waals surface area (Å²) in [6.45, 7) is 0.255. The van der Waals surface area contributed by atoms with Crippen LogP contribution in [0, 0.1) is 0 Å². The third-order valence-electron chi connectivity index (χ3n) is 4.90. The minimum atomic E-state index is -4.74. The summed E-state index contributed by atoms with van der Waals surface area (Å²) in [5, 5.41) is 4.38. The van der Waals surface area contributed by atoms with E-state index in [2.05, 4.69) is 14.8 Å². The van der Waals surface area contributed by atoms with Gasteiger partial charge in [-0.05, 0) is 41.8 Å². The molecule has 0 bridgehead atoms. The number of hydrogen-bond donors (Lipinski definition) is 0. The molecule has 0 aliphatic rings. The molecule has 0 aliphatic heterocycles. The zero-order valence-electron chi connectivity index (χ0n) is 17.9. The average molecular weight is 467 g/mol. The molecule has 0 radical (unpaired) electrons. The Morgan fingerprint density at radius 2 is 1.59 bits per heavy atom. The van der Waals surface area contributed by atoms with Crippen molar-refractivity contribution < 1.29 is 27.4 Å². The van der Waals surface area contributed by atoms with Crippen LogP contribution in [-0.2, 0) is 22.6 Å². The molecule has 0 saturated heterocycles. The third kappa shape index (κ3) is 6.44. The van der Waals surface area contributed by atoms with Gasteiger partial charge in [-0.3, -0.25) is 4.79 Å². The monoisotopic (exact) mass is 467 g/mol. The summed E-state index contributed by atoms with van der Waals surface area (Å²) < 4.78 is 47.5. The molecule has 3 aromatic carbocycles. The van der Waals surface area contributed by atoms with E-state index in [-0.39, 0.29) is 24.7 Å². The summed E-state index contributed by atoms with van der Waals surface area (Å²) >= 11 is 0. The number of carbonyl (C=O) groups is 1. The van der Waals surface area contributed by atoms with Gasteiger partial charge >= 0.3 is 12.3 Å². The third-order valence-corrected chi connectivity index (χ3v) is 4.90. The van der Waals surface area contributed by atoms with Crippen molar-refractivity contribution in [3.8, 4) is 22.8 Å². The highest BCUT2D eigenvalue weighted by molar-refractivity contribution is 5.69. The second-order valence-electron chi connectivity index (χ2n) is 7.40. The summed E-state index contributed by atoms with van der Waals surface area (Å²) in [6.07, 6.45) is -2.45. The van der Waals surface area contributed by atoms with Crippen LogP contribution in [0.25, 0.3) is 17.1 Å². The maximum absolute atomic E-state index is 12.3. The van der Waals surface area contributed by atoms with Crippen LogP contribution in [0.4, 0.5) is 13.2 Å². The molecule has 0 fully saturated rings. The van der Waals surface area contributed by atoms with Crippen LogP contribution in [0.1, 0.15) is 17.5 Å². The lowest BCUT2D eigenvalue weighted by Gasteiger charge is -2.09. The number of esters is 1. The van der Waals surface area contributed by atoms with Gasteiger partial charge in [-0.15, -0.1) is 18.3 Å². The lowest BCUT2D eigenvalue weighted by molar-refractivity contribution is -0.274. The van der Waals surface area contributed by atoms with E-state index >= 15 is 0 Å². The number of aromatic nitrogens is 3. The van der Waals surface area contributed by atoms with E-state index in [4.69, 9.17) is 4.74 Å². The van der Waals surface area contributed by atoms with E-state index in [1.807, 2.05) is 54.6 Å². The second kappa shape index (κ2) is 10.2. The van der Waals surface area contributed by atoms with Crippen molar-refractivity contribution in [2.45, 2.75) is 25.8 Å².